The molecule has 2 aromatic rings. The van der Waals surface area contributed by atoms with Crippen LogP contribution in [0.2, 0.25) is 0 Å². The molecule has 2 aliphatic rings. The van der Waals surface area contributed by atoms with E-state index in [1.807, 2.05) is 42.4 Å². The number of aromatic nitrogens is 1. The monoisotopic (exact) mass is 428 g/mol. The highest BCUT2D eigenvalue weighted by Gasteiger charge is 2.29. The Labute approximate surface area is 183 Å². The Hall–Kier alpha value is -1.96. The summed E-state index contributed by atoms with van der Waals surface area (Å²) < 4.78 is 5.53. The van der Waals surface area contributed by atoms with Gasteiger partial charge in [0, 0.05) is 57.1 Å². The van der Waals surface area contributed by atoms with E-state index in [2.05, 4.69) is 28.6 Å². The zero-order valence-electron chi connectivity index (χ0n) is 18.2. The first-order valence-electron chi connectivity index (χ1n) is 10.9. The molecule has 2 saturated heterocycles. The molecule has 0 aliphatic carbocycles. The summed E-state index contributed by atoms with van der Waals surface area (Å²) in [4.78, 5) is 25.5. The molecule has 162 valence electrons. The maximum absolute atomic E-state index is 13.4. The molecular weight excluding hydrogens is 396 g/mol. The van der Waals surface area contributed by atoms with Crippen LogP contribution in [-0.4, -0.2) is 79.2 Å². The Bertz CT molecular complexity index is 840. The molecule has 2 aliphatic heterocycles. The van der Waals surface area contributed by atoms with Gasteiger partial charge in [0.25, 0.3) is 5.91 Å². The van der Waals surface area contributed by atoms with Crippen LogP contribution in [0.3, 0.4) is 0 Å². The fourth-order valence-corrected chi connectivity index (χ4v) is 5.52. The summed E-state index contributed by atoms with van der Waals surface area (Å²) in [5.41, 5.74) is 1.97. The highest BCUT2D eigenvalue weighted by atomic mass is 32.1. The van der Waals surface area contributed by atoms with Crippen LogP contribution in [-0.2, 0) is 4.74 Å². The maximum atomic E-state index is 13.4. The van der Waals surface area contributed by atoms with Crippen LogP contribution in [0.1, 0.15) is 36.4 Å². The number of thiophene rings is 1. The summed E-state index contributed by atoms with van der Waals surface area (Å²) in [5.74, 6) is 0.125. The smallest absolute Gasteiger partial charge is 0.264 e. The molecule has 2 aromatic heterocycles. The molecule has 0 unspecified atom stereocenters. The van der Waals surface area contributed by atoms with Gasteiger partial charge in [-0.2, -0.15) is 0 Å². The third-order valence-corrected chi connectivity index (χ3v) is 7.44. The fraction of sp³-hybridized carbons (Fsp3) is 0.565. The maximum Gasteiger partial charge on any atom is 0.264 e. The van der Waals surface area contributed by atoms with Crippen molar-refractivity contribution in [3.63, 3.8) is 0 Å². The molecule has 0 N–H and O–H groups in total. The number of amides is 1. The molecule has 0 aromatic carbocycles. The van der Waals surface area contributed by atoms with Gasteiger partial charge in [0.2, 0.25) is 0 Å². The van der Waals surface area contributed by atoms with Crippen molar-refractivity contribution in [1.82, 2.24) is 14.8 Å². The van der Waals surface area contributed by atoms with Gasteiger partial charge in [-0.15, -0.1) is 11.3 Å². The Morgan fingerprint density at radius 3 is 2.57 bits per heavy atom. The van der Waals surface area contributed by atoms with Gasteiger partial charge in [0.1, 0.15) is 5.00 Å². The van der Waals surface area contributed by atoms with E-state index in [0.717, 1.165) is 73.4 Å². The number of piperidine rings is 1. The molecule has 0 radical (unpaired) electrons. The lowest BCUT2D eigenvalue weighted by Crippen LogP contribution is -2.47. The molecule has 2 fully saturated rings. The Kier molecular flexibility index (Phi) is 6.71. The summed E-state index contributed by atoms with van der Waals surface area (Å²) in [5, 5.41) is 1.13. The first kappa shape index (κ1) is 21.3. The molecule has 4 rings (SSSR count). The van der Waals surface area contributed by atoms with Crippen molar-refractivity contribution in [3.05, 3.63) is 35.3 Å². The number of rotatable bonds is 5. The second kappa shape index (κ2) is 9.45. The van der Waals surface area contributed by atoms with E-state index in [1.165, 1.54) is 0 Å². The fourth-order valence-electron chi connectivity index (χ4n) is 4.32. The van der Waals surface area contributed by atoms with E-state index in [4.69, 9.17) is 4.74 Å². The standard InChI is InChI=1S/C23H32N4O2S/c1-17(2)26-10-7-18(8-11-26)25(3)22(28)21-16-19(20-6-4-5-9-24-20)23(30-21)27-12-14-29-15-13-27/h4-6,9,16-18H,7-8,10-15H2,1-3H3. The second-order valence-electron chi connectivity index (χ2n) is 8.42. The quantitative estimate of drug-likeness (QED) is 0.728. The average Bonchev–Trinajstić information content (AvgIpc) is 3.25. The van der Waals surface area contributed by atoms with E-state index in [-0.39, 0.29) is 5.91 Å². The van der Waals surface area contributed by atoms with Crippen LogP contribution in [0.4, 0.5) is 5.00 Å². The molecule has 0 bridgehead atoms. The number of hydrogen-bond acceptors (Lipinski definition) is 6. The van der Waals surface area contributed by atoms with Crippen LogP contribution in [0.5, 0.6) is 0 Å². The number of likely N-dealkylation sites (tertiary alicyclic amines) is 1. The molecule has 0 saturated carbocycles. The summed E-state index contributed by atoms with van der Waals surface area (Å²) in [7, 11) is 1.96. The molecule has 1 amide bonds. The predicted octanol–water partition coefficient (Wildman–Crippen LogP) is 3.59. The molecule has 4 heterocycles. The van der Waals surface area contributed by atoms with Gasteiger partial charge in [-0.05, 0) is 44.9 Å². The number of hydrogen-bond donors (Lipinski definition) is 0. The number of ether oxygens (including phenoxy) is 1. The van der Waals surface area contributed by atoms with Crippen molar-refractivity contribution < 1.29 is 9.53 Å². The SMILES string of the molecule is CC(C)N1CCC(N(C)C(=O)c2cc(-c3ccccn3)c(N3CCOCC3)s2)CC1. The largest absolute Gasteiger partial charge is 0.378 e. The zero-order chi connectivity index (χ0) is 21.1. The predicted molar refractivity (Wildman–Crippen MR) is 122 cm³/mol. The van der Waals surface area contributed by atoms with Gasteiger partial charge in [-0.1, -0.05) is 6.07 Å². The van der Waals surface area contributed by atoms with E-state index >= 15 is 0 Å². The summed E-state index contributed by atoms with van der Waals surface area (Å²) in [6, 6.07) is 8.86. The van der Waals surface area contributed by atoms with Crippen LogP contribution >= 0.6 is 11.3 Å². The van der Waals surface area contributed by atoms with Crippen molar-refractivity contribution in [2.75, 3.05) is 51.3 Å². The number of nitrogens with zero attached hydrogens (tertiary/aromatic N) is 4. The van der Waals surface area contributed by atoms with Crippen LogP contribution in [0.25, 0.3) is 11.3 Å². The van der Waals surface area contributed by atoms with Crippen LogP contribution < -0.4 is 4.90 Å². The van der Waals surface area contributed by atoms with Gasteiger partial charge in [0.15, 0.2) is 0 Å². The highest BCUT2D eigenvalue weighted by Crippen LogP contribution is 2.39. The van der Waals surface area contributed by atoms with Crippen molar-refractivity contribution in [2.24, 2.45) is 0 Å². The van der Waals surface area contributed by atoms with E-state index in [0.29, 0.717) is 12.1 Å². The van der Waals surface area contributed by atoms with Crippen molar-refractivity contribution in [2.45, 2.75) is 38.8 Å². The number of carbonyl (C=O) groups excluding carboxylic acids is 1. The summed E-state index contributed by atoms with van der Waals surface area (Å²) in [6.45, 7) is 9.73. The normalized spacial score (nSPS) is 18.7. The minimum atomic E-state index is 0.125. The molecule has 0 spiro atoms. The lowest BCUT2D eigenvalue weighted by molar-refractivity contribution is 0.0620. The van der Waals surface area contributed by atoms with Gasteiger partial charge < -0.3 is 19.4 Å². The van der Waals surface area contributed by atoms with Crippen molar-refractivity contribution in [3.8, 4) is 11.3 Å². The third kappa shape index (κ3) is 4.53. The first-order chi connectivity index (χ1) is 14.5. The Balaban J connectivity index is 1.56. The lowest BCUT2D eigenvalue weighted by atomic mass is 10.0. The molecule has 30 heavy (non-hydrogen) atoms. The first-order valence-corrected chi connectivity index (χ1v) is 11.8. The molecule has 0 atom stereocenters. The number of carbonyl (C=O) groups is 1. The van der Waals surface area contributed by atoms with E-state index in [9.17, 15) is 4.79 Å². The van der Waals surface area contributed by atoms with Gasteiger partial charge in [-0.25, -0.2) is 0 Å². The van der Waals surface area contributed by atoms with Crippen LogP contribution in [0, 0.1) is 0 Å². The second-order valence-corrected chi connectivity index (χ2v) is 9.45. The highest BCUT2D eigenvalue weighted by molar-refractivity contribution is 7.18. The Morgan fingerprint density at radius 2 is 1.93 bits per heavy atom. The number of pyridine rings is 1. The molecular formula is C23H32N4O2S. The number of morpholine rings is 1. The van der Waals surface area contributed by atoms with Gasteiger partial charge in [0.05, 0.1) is 23.8 Å². The van der Waals surface area contributed by atoms with E-state index < -0.39 is 0 Å². The van der Waals surface area contributed by atoms with Crippen molar-refractivity contribution >= 4 is 22.2 Å². The van der Waals surface area contributed by atoms with Crippen molar-refractivity contribution in [1.29, 1.82) is 0 Å². The summed E-state index contributed by atoms with van der Waals surface area (Å²) >= 11 is 1.60. The average molecular weight is 429 g/mol. The van der Waals surface area contributed by atoms with Gasteiger partial charge in [-0.3, -0.25) is 9.78 Å². The van der Waals surface area contributed by atoms with E-state index in [1.54, 1.807) is 11.3 Å². The zero-order valence-corrected chi connectivity index (χ0v) is 19.0. The minimum absolute atomic E-state index is 0.125. The van der Waals surface area contributed by atoms with Gasteiger partial charge >= 0.3 is 0 Å². The molecule has 7 heteroatoms. The minimum Gasteiger partial charge on any atom is -0.378 e. The lowest BCUT2D eigenvalue weighted by Gasteiger charge is -2.38. The topological polar surface area (TPSA) is 48.9 Å². The van der Waals surface area contributed by atoms with Crippen LogP contribution in [0.15, 0.2) is 30.5 Å². The summed E-state index contributed by atoms with van der Waals surface area (Å²) in [6.07, 6.45) is 3.89. The number of anilines is 1. The Morgan fingerprint density at radius 1 is 1.20 bits per heavy atom. The molecule has 6 nitrogen and oxygen atoms in total. The third-order valence-electron chi connectivity index (χ3n) is 6.26.